The van der Waals surface area contributed by atoms with E-state index in [1.807, 2.05) is 0 Å². The number of hydrogen-bond acceptors (Lipinski definition) is 4. The van der Waals surface area contributed by atoms with E-state index in [9.17, 15) is 8.42 Å². The Morgan fingerprint density at radius 2 is 1.94 bits per heavy atom. The molecular formula is C12H24N2O3S. The van der Waals surface area contributed by atoms with Crippen molar-refractivity contribution in [3.8, 4) is 0 Å². The second kappa shape index (κ2) is 5.07. The predicted molar refractivity (Wildman–Crippen MR) is 70.8 cm³/mol. The molecule has 1 spiro atoms. The third kappa shape index (κ3) is 2.71. The van der Waals surface area contributed by atoms with Gasteiger partial charge in [-0.3, -0.25) is 0 Å². The van der Waals surface area contributed by atoms with Crippen molar-refractivity contribution in [1.29, 1.82) is 0 Å². The van der Waals surface area contributed by atoms with E-state index in [0.29, 0.717) is 19.7 Å². The van der Waals surface area contributed by atoms with Crippen LogP contribution in [0, 0.1) is 0 Å². The van der Waals surface area contributed by atoms with Crippen LogP contribution < -0.4 is 5.73 Å². The van der Waals surface area contributed by atoms with Gasteiger partial charge in [-0.05, 0) is 39.5 Å². The summed E-state index contributed by atoms with van der Waals surface area (Å²) in [4.78, 5) is 0. The third-order valence-corrected chi connectivity index (χ3v) is 6.33. The van der Waals surface area contributed by atoms with Gasteiger partial charge < -0.3 is 10.5 Å². The van der Waals surface area contributed by atoms with Crippen molar-refractivity contribution in [2.45, 2.75) is 56.4 Å². The molecule has 106 valence electrons. The molecule has 1 heterocycles. The van der Waals surface area contributed by atoms with E-state index in [-0.39, 0.29) is 16.9 Å². The lowest BCUT2D eigenvalue weighted by Gasteiger charge is -2.45. The Hall–Kier alpha value is -0.170. The lowest BCUT2D eigenvalue weighted by Crippen LogP contribution is -2.56. The molecule has 0 aromatic carbocycles. The smallest absolute Gasteiger partial charge is 0.216 e. The van der Waals surface area contributed by atoms with E-state index in [2.05, 4.69) is 0 Å². The number of sulfonamides is 1. The molecule has 0 aromatic heterocycles. The van der Waals surface area contributed by atoms with Crippen molar-refractivity contribution in [3.05, 3.63) is 0 Å². The van der Waals surface area contributed by atoms with Gasteiger partial charge >= 0.3 is 0 Å². The zero-order chi connectivity index (χ0) is 13.4. The molecule has 2 N–H and O–H groups in total. The summed E-state index contributed by atoms with van der Waals surface area (Å²) in [5.41, 5.74) is 5.62. The van der Waals surface area contributed by atoms with E-state index in [4.69, 9.17) is 10.5 Å². The van der Waals surface area contributed by atoms with Crippen molar-refractivity contribution < 1.29 is 13.2 Å². The van der Waals surface area contributed by atoms with Gasteiger partial charge in [-0.2, -0.15) is 4.31 Å². The normalized spacial score (nSPS) is 35.2. The molecule has 1 aliphatic carbocycles. The van der Waals surface area contributed by atoms with Gasteiger partial charge in [0.05, 0.1) is 17.5 Å². The molecule has 0 bridgehead atoms. The zero-order valence-corrected chi connectivity index (χ0v) is 12.1. The fourth-order valence-electron chi connectivity index (χ4n) is 2.79. The van der Waals surface area contributed by atoms with Crippen LogP contribution >= 0.6 is 0 Å². The highest BCUT2D eigenvalue weighted by molar-refractivity contribution is 7.89. The van der Waals surface area contributed by atoms with Crippen LogP contribution in [0.5, 0.6) is 0 Å². The van der Waals surface area contributed by atoms with Crippen LogP contribution in [-0.2, 0) is 14.8 Å². The summed E-state index contributed by atoms with van der Waals surface area (Å²) in [6.07, 6.45) is 3.60. The fourth-order valence-corrected chi connectivity index (χ4v) is 4.13. The molecule has 1 aliphatic heterocycles. The summed E-state index contributed by atoms with van der Waals surface area (Å²) in [5.74, 6) is 0. The Balaban J connectivity index is 2.09. The van der Waals surface area contributed by atoms with E-state index < -0.39 is 10.0 Å². The van der Waals surface area contributed by atoms with Crippen LogP contribution in [0.25, 0.3) is 0 Å². The van der Waals surface area contributed by atoms with Gasteiger partial charge in [0.15, 0.2) is 0 Å². The van der Waals surface area contributed by atoms with Crippen molar-refractivity contribution in [1.82, 2.24) is 4.31 Å². The Kier molecular flexibility index (Phi) is 4.02. The second-order valence-electron chi connectivity index (χ2n) is 5.80. The maximum atomic E-state index is 12.2. The Bertz CT molecular complexity index is 386. The minimum absolute atomic E-state index is 0.247. The van der Waals surface area contributed by atoms with Gasteiger partial charge in [0.2, 0.25) is 10.0 Å². The molecule has 2 rings (SSSR count). The first kappa shape index (κ1) is 14.2. The number of ether oxygens (including phenoxy) is 1. The van der Waals surface area contributed by atoms with Gasteiger partial charge in [-0.1, -0.05) is 0 Å². The van der Waals surface area contributed by atoms with E-state index >= 15 is 0 Å². The van der Waals surface area contributed by atoms with Crippen LogP contribution in [-0.4, -0.2) is 49.3 Å². The first-order valence-corrected chi connectivity index (χ1v) is 8.25. The first-order chi connectivity index (χ1) is 8.36. The van der Waals surface area contributed by atoms with Gasteiger partial charge in [0.1, 0.15) is 0 Å². The van der Waals surface area contributed by atoms with Gasteiger partial charge in [0.25, 0.3) is 0 Å². The number of morpholine rings is 1. The summed E-state index contributed by atoms with van der Waals surface area (Å²) >= 11 is 0. The molecule has 0 amide bonds. The molecule has 1 saturated carbocycles. The van der Waals surface area contributed by atoms with Gasteiger partial charge in [-0.15, -0.1) is 0 Å². The fraction of sp³-hybridized carbons (Fsp3) is 1.00. The summed E-state index contributed by atoms with van der Waals surface area (Å²) in [6, 6.07) is 0.247. The average Bonchev–Trinajstić information content (AvgIpc) is 2.33. The van der Waals surface area contributed by atoms with Crippen LogP contribution in [0.15, 0.2) is 0 Å². The maximum absolute atomic E-state index is 12.2. The molecule has 0 aromatic rings. The molecule has 1 saturated heterocycles. The molecule has 18 heavy (non-hydrogen) atoms. The highest BCUT2D eigenvalue weighted by atomic mass is 32.2. The highest BCUT2D eigenvalue weighted by Gasteiger charge is 2.43. The number of hydrogen-bond donors (Lipinski definition) is 1. The topological polar surface area (TPSA) is 72.6 Å². The molecular weight excluding hydrogens is 252 g/mol. The third-order valence-electron chi connectivity index (χ3n) is 4.11. The first-order valence-electron chi connectivity index (χ1n) is 6.74. The minimum atomic E-state index is -3.17. The monoisotopic (exact) mass is 276 g/mol. The molecule has 0 atom stereocenters. The molecule has 6 heteroatoms. The van der Waals surface area contributed by atoms with Crippen LogP contribution in [0.4, 0.5) is 0 Å². The Morgan fingerprint density at radius 1 is 1.33 bits per heavy atom. The lowest BCUT2D eigenvalue weighted by molar-refractivity contribution is -0.111. The van der Waals surface area contributed by atoms with Crippen LogP contribution in [0.2, 0.25) is 0 Å². The summed E-state index contributed by atoms with van der Waals surface area (Å²) in [6.45, 7) is 4.94. The molecule has 2 aliphatic rings. The van der Waals surface area contributed by atoms with Crippen molar-refractivity contribution in [2.24, 2.45) is 5.73 Å². The van der Waals surface area contributed by atoms with E-state index in [0.717, 1.165) is 25.7 Å². The van der Waals surface area contributed by atoms with E-state index in [1.165, 1.54) is 0 Å². The Labute approximate surface area is 110 Å². The summed E-state index contributed by atoms with van der Waals surface area (Å²) in [5, 5.41) is -0.363. The highest BCUT2D eigenvalue weighted by Crippen LogP contribution is 2.35. The van der Waals surface area contributed by atoms with Gasteiger partial charge in [0, 0.05) is 19.1 Å². The number of nitrogens with zero attached hydrogens (tertiary/aromatic N) is 1. The quantitative estimate of drug-likeness (QED) is 0.805. The lowest BCUT2D eigenvalue weighted by atomic mass is 9.81. The standard InChI is InChI=1S/C12H24N2O3S/c1-10(2)18(15,16)14-7-8-17-12(9-14)5-3-11(13)4-6-12/h10-11H,3-9,13H2,1-2H3. The molecule has 5 nitrogen and oxygen atoms in total. The summed E-state index contributed by atoms with van der Waals surface area (Å²) < 4.78 is 32.0. The van der Waals surface area contributed by atoms with Crippen LogP contribution in [0.3, 0.4) is 0 Å². The maximum Gasteiger partial charge on any atom is 0.216 e. The van der Waals surface area contributed by atoms with Crippen molar-refractivity contribution in [3.63, 3.8) is 0 Å². The predicted octanol–water partition coefficient (Wildman–Crippen LogP) is 0.697. The van der Waals surface area contributed by atoms with Crippen molar-refractivity contribution >= 4 is 10.0 Å². The number of rotatable bonds is 2. The average molecular weight is 276 g/mol. The van der Waals surface area contributed by atoms with Crippen molar-refractivity contribution in [2.75, 3.05) is 19.7 Å². The zero-order valence-electron chi connectivity index (χ0n) is 11.3. The largest absolute Gasteiger partial charge is 0.372 e. The van der Waals surface area contributed by atoms with E-state index in [1.54, 1.807) is 18.2 Å². The summed E-state index contributed by atoms with van der Waals surface area (Å²) in [7, 11) is -3.17. The Morgan fingerprint density at radius 3 is 2.50 bits per heavy atom. The van der Waals surface area contributed by atoms with Gasteiger partial charge in [-0.25, -0.2) is 8.42 Å². The molecule has 2 fully saturated rings. The molecule has 0 radical (unpaired) electrons. The second-order valence-corrected chi connectivity index (χ2v) is 8.29. The number of nitrogens with two attached hydrogens (primary N) is 1. The van der Waals surface area contributed by atoms with Crippen LogP contribution in [0.1, 0.15) is 39.5 Å². The minimum Gasteiger partial charge on any atom is -0.372 e. The molecule has 0 unspecified atom stereocenters. The SMILES string of the molecule is CC(C)S(=O)(=O)N1CCOC2(CCC(N)CC2)C1.